The summed E-state index contributed by atoms with van der Waals surface area (Å²) in [6.07, 6.45) is -3.32. The van der Waals surface area contributed by atoms with Gasteiger partial charge in [-0.15, -0.1) is 16.4 Å². The number of aromatic nitrogens is 4. The van der Waals surface area contributed by atoms with E-state index in [0.29, 0.717) is 10.5 Å². The zero-order valence-corrected chi connectivity index (χ0v) is 14.9. The van der Waals surface area contributed by atoms with Crippen LogP contribution in [0.5, 0.6) is 5.75 Å². The lowest BCUT2D eigenvalue weighted by Crippen LogP contribution is -2.09. The molecule has 6 nitrogen and oxygen atoms in total. The number of anilines is 1. The quantitative estimate of drug-likeness (QED) is 0.523. The number of halogens is 3. The van der Waals surface area contributed by atoms with E-state index in [4.69, 9.17) is 0 Å². The maximum atomic E-state index is 13.2. The molecule has 0 unspecified atom stereocenters. The summed E-state index contributed by atoms with van der Waals surface area (Å²) in [5.41, 5.74) is -0.301. The van der Waals surface area contributed by atoms with Crippen molar-refractivity contribution in [3.05, 3.63) is 59.2 Å². The Morgan fingerprint density at radius 1 is 1.04 bits per heavy atom. The maximum Gasteiger partial charge on any atom is 0.417 e. The van der Waals surface area contributed by atoms with Crippen molar-refractivity contribution >= 4 is 27.5 Å². The van der Waals surface area contributed by atoms with Gasteiger partial charge in [-0.05, 0) is 18.2 Å². The fourth-order valence-corrected chi connectivity index (χ4v) is 3.60. The van der Waals surface area contributed by atoms with Crippen molar-refractivity contribution in [3.63, 3.8) is 0 Å². The highest BCUT2D eigenvalue weighted by molar-refractivity contribution is 7.18. The Bertz CT molecular complexity index is 1150. The number of rotatable bonds is 4. The first-order valence-corrected chi connectivity index (χ1v) is 8.91. The second-order valence-electron chi connectivity index (χ2n) is 5.79. The van der Waals surface area contributed by atoms with Crippen LogP contribution >= 0.6 is 11.3 Å². The smallest absolute Gasteiger partial charge is 0.417 e. The molecule has 0 atom stereocenters. The lowest BCUT2D eigenvalue weighted by Gasteiger charge is -2.12. The average Bonchev–Trinajstić information content (AvgIpc) is 3.11. The maximum absolute atomic E-state index is 13.2. The largest absolute Gasteiger partial charge is 0.506 e. The van der Waals surface area contributed by atoms with Crippen molar-refractivity contribution in [2.45, 2.75) is 12.7 Å². The van der Waals surface area contributed by atoms with Gasteiger partial charge in [-0.1, -0.05) is 24.3 Å². The van der Waals surface area contributed by atoms with Crippen LogP contribution in [0, 0.1) is 0 Å². The molecule has 2 N–H and O–H groups in total. The van der Waals surface area contributed by atoms with Crippen LogP contribution in [0.2, 0.25) is 0 Å². The highest BCUT2D eigenvalue weighted by Gasteiger charge is 2.33. The Kier molecular flexibility index (Phi) is 4.55. The van der Waals surface area contributed by atoms with Crippen molar-refractivity contribution in [1.29, 1.82) is 0 Å². The van der Waals surface area contributed by atoms with E-state index in [1.807, 2.05) is 6.07 Å². The van der Waals surface area contributed by atoms with Gasteiger partial charge in [0.15, 0.2) is 0 Å². The van der Waals surface area contributed by atoms with E-state index in [0.717, 1.165) is 10.8 Å². The molecular formula is C18H12F3N5OS. The van der Waals surface area contributed by atoms with Gasteiger partial charge in [-0.2, -0.15) is 18.3 Å². The first kappa shape index (κ1) is 18.1. The van der Waals surface area contributed by atoms with Crippen LogP contribution in [0.3, 0.4) is 0 Å². The van der Waals surface area contributed by atoms with Gasteiger partial charge in [-0.3, -0.25) is 0 Å². The van der Waals surface area contributed by atoms with E-state index >= 15 is 0 Å². The molecule has 2 aromatic heterocycles. The first-order valence-electron chi connectivity index (χ1n) is 8.09. The van der Waals surface area contributed by atoms with Crippen LogP contribution in [-0.4, -0.2) is 25.3 Å². The van der Waals surface area contributed by atoms with Crippen LogP contribution in [0.25, 0.3) is 21.5 Å². The van der Waals surface area contributed by atoms with E-state index in [2.05, 4.69) is 25.5 Å². The number of fused-ring (bicyclic) bond motifs is 1. The predicted octanol–water partition coefficient (Wildman–Crippen LogP) is 4.48. The lowest BCUT2D eigenvalue weighted by atomic mass is 10.0. The fraction of sp³-hybridized carbons (Fsp3) is 0.111. The average molecular weight is 403 g/mol. The van der Waals surface area contributed by atoms with Crippen LogP contribution in [0.4, 0.5) is 19.1 Å². The molecule has 0 radical (unpaired) electrons. The van der Waals surface area contributed by atoms with Gasteiger partial charge in [0.1, 0.15) is 16.3 Å². The number of aromatic hydroxyl groups is 1. The normalized spacial score (nSPS) is 11.7. The van der Waals surface area contributed by atoms with Gasteiger partial charge in [0, 0.05) is 5.56 Å². The fourth-order valence-electron chi connectivity index (χ4n) is 2.67. The third-order valence-corrected chi connectivity index (χ3v) is 4.93. The van der Waals surface area contributed by atoms with Crippen LogP contribution in [0.15, 0.2) is 48.7 Å². The molecule has 0 saturated carbocycles. The first-order chi connectivity index (χ1) is 13.4. The molecule has 2 heterocycles. The van der Waals surface area contributed by atoms with Crippen LogP contribution < -0.4 is 5.32 Å². The molecule has 0 saturated heterocycles. The summed E-state index contributed by atoms with van der Waals surface area (Å²) < 4.78 is 40.5. The standard InChI is InChI=1S/C18H12F3N5OS/c19-18(20,21)11-5-2-1-4-10(11)12-8-23-26-17(24-12)22-9-15-25-16-13(27)6-3-7-14(16)28-15/h1-8,27H,9H2,(H,22,24,26). The molecule has 142 valence electrons. The van der Waals surface area contributed by atoms with Gasteiger partial charge in [0.05, 0.1) is 28.7 Å². The van der Waals surface area contributed by atoms with Crippen LogP contribution in [-0.2, 0) is 12.7 Å². The van der Waals surface area contributed by atoms with Crippen molar-refractivity contribution in [3.8, 4) is 17.0 Å². The molecule has 2 aromatic carbocycles. The van der Waals surface area contributed by atoms with E-state index in [-0.39, 0.29) is 29.5 Å². The van der Waals surface area contributed by atoms with Crippen molar-refractivity contribution in [2.24, 2.45) is 0 Å². The topological polar surface area (TPSA) is 83.8 Å². The second-order valence-corrected chi connectivity index (χ2v) is 6.91. The SMILES string of the molecule is Oc1cccc2sc(CNc3nncc(-c4ccccc4C(F)(F)F)n3)nc12. The summed E-state index contributed by atoms with van der Waals surface area (Å²) in [6, 6.07) is 10.3. The zero-order valence-electron chi connectivity index (χ0n) is 14.1. The Hall–Kier alpha value is -3.27. The summed E-state index contributed by atoms with van der Waals surface area (Å²) in [5, 5.41) is 21.0. The molecule has 10 heteroatoms. The lowest BCUT2D eigenvalue weighted by molar-refractivity contribution is -0.137. The molecule has 0 amide bonds. The number of thiazole rings is 1. The summed E-state index contributed by atoms with van der Waals surface area (Å²) >= 11 is 1.38. The minimum absolute atomic E-state index is 0.0624. The van der Waals surface area contributed by atoms with Gasteiger partial charge < -0.3 is 10.4 Å². The second kappa shape index (κ2) is 7.04. The van der Waals surface area contributed by atoms with Crippen molar-refractivity contribution < 1.29 is 18.3 Å². The van der Waals surface area contributed by atoms with E-state index in [1.165, 1.54) is 35.7 Å². The molecule has 28 heavy (non-hydrogen) atoms. The minimum atomic E-state index is -4.50. The number of nitrogens with one attached hydrogen (secondary N) is 1. The molecule has 4 aromatic rings. The van der Waals surface area contributed by atoms with Gasteiger partial charge in [0.2, 0.25) is 5.95 Å². The molecule has 0 fully saturated rings. The Morgan fingerprint density at radius 2 is 1.86 bits per heavy atom. The molecule has 0 aliphatic carbocycles. The number of para-hydroxylation sites is 1. The summed E-state index contributed by atoms with van der Waals surface area (Å²) in [5.74, 6) is 0.168. The van der Waals surface area contributed by atoms with Crippen molar-refractivity contribution in [1.82, 2.24) is 20.2 Å². The minimum Gasteiger partial charge on any atom is -0.506 e. The zero-order chi connectivity index (χ0) is 19.7. The van der Waals surface area contributed by atoms with E-state index < -0.39 is 11.7 Å². The summed E-state index contributed by atoms with van der Waals surface area (Å²) in [4.78, 5) is 8.48. The van der Waals surface area contributed by atoms with E-state index in [9.17, 15) is 18.3 Å². The predicted molar refractivity (Wildman–Crippen MR) is 98.9 cm³/mol. The van der Waals surface area contributed by atoms with Crippen molar-refractivity contribution in [2.75, 3.05) is 5.32 Å². The molecule has 0 aliphatic rings. The molecule has 4 rings (SSSR count). The van der Waals surface area contributed by atoms with Gasteiger partial charge in [-0.25, -0.2) is 9.97 Å². The Morgan fingerprint density at radius 3 is 2.64 bits per heavy atom. The number of phenolic OH excluding ortho intramolecular Hbond substituents is 1. The third kappa shape index (κ3) is 3.58. The number of nitrogens with zero attached hydrogens (tertiary/aromatic N) is 4. The number of phenols is 1. The number of hydrogen-bond donors (Lipinski definition) is 2. The van der Waals surface area contributed by atoms with Gasteiger partial charge in [0.25, 0.3) is 0 Å². The monoisotopic (exact) mass is 403 g/mol. The molecule has 0 aliphatic heterocycles. The number of alkyl halides is 3. The molecule has 0 bridgehead atoms. The number of benzene rings is 2. The third-order valence-electron chi connectivity index (χ3n) is 3.91. The highest BCUT2D eigenvalue weighted by atomic mass is 32.1. The summed E-state index contributed by atoms with van der Waals surface area (Å²) in [6.45, 7) is 0.241. The van der Waals surface area contributed by atoms with E-state index in [1.54, 1.807) is 12.1 Å². The van der Waals surface area contributed by atoms with Crippen LogP contribution in [0.1, 0.15) is 10.6 Å². The summed E-state index contributed by atoms with van der Waals surface area (Å²) in [7, 11) is 0. The molecular weight excluding hydrogens is 391 g/mol. The Balaban J connectivity index is 1.59. The number of hydrogen-bond acceptors (Lipinski definition) is 7. The Labute approximate surface area is 160 Å². The van der Waals surface area contributed by atoms with Gasteiger partial charge >= 0.3 is 6.18 Å². The highest BCUT2D eigenvalue weighted by Crippen LogP contribution is 2.36. The molecule has 0 spiro atoms.